The van der Waals surface area contributed by atoms with E-state index in [4.69, 9.17) is 9.47 Å². The summed E-state index contributed by atoms with van der Waals surface area (Å²) in [6.45, 7) is 9.33. The van der Waals surface area contributed by atoms with Crippen LogP contribution >= 0.6 is 0 Å². The fourth-order valence-electron chi connectivity index (χ4n) is 3.09. The first-order valence-corrected chi connectivity index (χ1v) is 10.9. The Labute approximate surface area is 174 Å². The van der Waals surface area contributed by atoms with Crippen LogP contribution in [0.25, 0.3) is 10.8 Å². The Morgan fingerprint density at radius 3 is 1.86 bits per heavy atom. The van der Waals surface area contributed by atoms with E-state index in [1.807, 2.05) is 18.2 Å². The van der Waals surface area contributed by atoms with Crippen LogP contribution in [0.1, 0.15) is 80.5 Å². The summed E-state index contributed by atoms with van der Waals surface area (Å²) in [5, 5.41) is 1.80. The Hall–Kier alpha value is -2.36. The van der Waals surface area contributed by atoms with E-state index in [9.17, 15) is 9.59 Å². The van der Waals surface area contributed by atoms with E-state index in [-0.39, 0.29) is 11.9 Å². The van der Waals surface area contributed by atoms with Crippen molar-refractivity contribution in [3.8, 4) is 0 Å². The molecule has 29 heavy (non-hydrogen) atoms. The van der Waals surface area contributed by atoms with Crippen LogP contribution in [0.5, 0.6) is 0 Å². The maximum Gasteiger partial charge on any atom is 0.338 e. The summed E-state index contributed by atoms with van der Waals surface area (Å²) in [6.07, 6.45) is 5.40. The standard InChI is InChI=1S/C25H34O4/c1-5-8-9-19(7-3)17-29-25(27)23-13-11-20-14-22(12-10-21(20)15-23)24(26)28-16-18(4)6-2/h10-15,18-19H,5-9,16-17H2,1-4H3. The van der Waals surface area contributed by atoms with Gasteiger partial charge in [0.05, 0.1) is 24.3 Å². The van der Waals surface area contributed by atoms with Crippen molar-refractivity contribution < 1.29 is 19.1 Å². The van der Waals surface area contributed by atoms with Gasteiger partial charge < -0.3 is 9.47 Å². The Kier molecular flexibility index (Phi) is 9.17. The molecule has 2 rings (SSSR count). The fourth-order valence-corrected chi connectivity index (χ4v) is 3.09. The average Bonchev–Trinajstić information content (AvgIpc) is 2.76. The number of carbonyl (C=O) groups is 2. The van der Waals surface area contributed by atoms with Crippen molar-refractivity contribution in [2.45, 2.75) is 59.8 Å². The fraction of sp³-hybridized carbons (Fsp3) is 0.520. The predicted octanol–water partition coefficient (Wildman–Crippen LogP) is 6.42. The molecule has 0 aliphatic heterocycles. The van der Waals surface area contributed by atoms with E-state index in [0.29, 0.717) is 36.2 Å². The summed E-state index contributed by atoms with van der Waals surface area (Å²) in [4.78, 5) is 24.7. The summed E-state index contributed by atoms with van der Waals surface area (Å²) in [7, 11) is 0. The lowest BCUT2D eigenvalue weighted by molar-refractivity contribution is 0.0425. The zero-order chi connectivity index (χ0) is 21.2. The van der Waals surface area contributed by atoms with Crippen molar-refractivity contribution in [2.24, 2.45) is 11.8 Å². The highest BCUT2D eigenvalue weighted by atomic mass is 16.5. The van der Waals surface area contributed by atoms with Gasteiger partial charge >= 0.3 is 11.9 Å². The molecule has 2 atom stereocenters. The molecule has 0 fully saturated rings. The molecule has 0 heterocycles. The molecule has 2 aromatic rings. The second-order valence-electron chi connectivity index (χ2n) is 7.90. The molecule has 0 bridgehead atoms. The lowest BCUT2D eigenvalue weighted by Gasteiger charge is -2.14. The molecule has 2 unspecified atom stereocenters. The van der Waals surface area contributed by atoms with Gasteiger partial charge in [0.2, 0.25) is 0 Å². The number of ether oxygens (including phenoxy) is 2. The molecule has 0 spiro atoms. The van der Waals surface area contributed by atoms with Gasteiger partial charge in [-0.1, -0.05) is 65.5 Å². The second-order valence-corrected chi connectivity index (χ2v) is 7.90. The minimum Gasteiger partial charge on any atom is -0.462 e. The van der Waals surface area contributed by atoms with Gasteiger partial charge in [0.25, 0.3) is 0 Å². The monoisotopic (exact) mass is 398 g/mol. The third-order valence-electron chi connectivity index (χ3n) is 5.50. The van der Waals surface area contributed by atoms with Gasteiger partial charge in [-0.25, -0.2) is 9.59 Å². The molecule has 0 amide bonds. The first-order valence-electron chi connectivity index (χ1n) is 10.9. The van der Waals surface area contributed by atoms with Crippen LogP contribution in [0, 0.1) is 11.8 Å². The van der Waals surface area contributed by atoms with Crippen LogP contribution in [0.15, 0.2) is 36.4 Å². The lowest BCUT2D eigenvalue weighted by atomic mass is 10.0. The van der Waals surface area contributed by atoms with E-state index in [1.165, 1.54) is 0 Å². The van der Waals surface area contributed by atoms with Crippen LogP contribution in [-0.2, 0) is 9.47 Å². The first-order chi connectivity index (χ1) is 14.0. The molecule has 0 saturated heterocycles. The Bertz CT molecular complexity index is 812. The topological polar surface area (TPSA) is 52.6 Å². The van der Waals surface area contributed by atoms with Crippen LogP contribution in [0.4, 0.5) is 0 Å². The third-order valence-corrected chi connectivity index (χ3v) is 5.50. The van der Waals surface area contributed by atoms with E-state index in [2.05, 4.69) is 27.7 Å². The van der Waals surface area contributed by atoms with E-state index in [0.717, 1.165) is 42.9 Å². The van der Waals surface area contributed by atoms with Crippen molar-refractivity contribution in [2.75, 3.05) is 13.2 Å². The highest BCUT2D eigenvalue weighted by molar-refractivity contribution is 5.99. The number of benzene rings is 2. The predicted molar refractivity (Wildman–Crippen MR) is 117 cm³/mol. The van der Waals surface area contributed by atoms with Crippen LogP contribution in [-0.4, -0.2) is 25.2 Å². The SMILES string of the molecule is CCCCC(CC)COC(=O)c1ccc2cc(C(=O)OCC(C)CC)ccc2c1. The van der Waals surface area contributed by atoms with Crippen LogP contribution < -0.4 is 0 Å². The first kappa shape index (κ1) is 22.9. The Morgan fingerprint density at radius 1 is 0.828 bits per heavy atom. The molecule has 0 saturated carbocycles. The number of hydrogen-bond acceptors (Lipinski definition) is 4. The smallest absolute Gasteiger partial charge is 0.338 e. The molecule has 0 aliphatic rings. The number of unbranched alkanes of at least 4 members (excludes halogenated alkanes) is 1. The van der Waals surface area contributed by atoms with Gasteiger partial charge in [0.1, 0.15) is 0 Å². The molecule has 2 aromatic carbocycles. The highest BCUT2D eigenvalue weighted by Crippen LogP contribution is 2.20. The molecule has 0 N–H and O–H groups in total. The Balaban J connectivity index is 2.02. The lowest BCUT2D eigenvalue weighted by Crippen LogP contribution is -2.14. The van der Waals surface area contributed by atoms with E-state index in [1.54, 1.807) is 18.2 Å². The van der Waals surface area contributed by atoms with Crippen molar-refractivity contribution in [1.82, 2.24) is 0 Å². The Morgan fingerprint density at radius 2 is 1.38 bits per heavy atom. The number of carbonyl (C=O) groups excluding carboxylic acids is 2. The molecular formula is C25H34O4. The van der Waals surface area contributed by atoms with Gasteiger partial charge in [0.15, 0.2) is 0 Å². The molecule has 4 nitrogen and oxygen atoms in total. The molecule has 0 radical (unpaired) electrons. The maximum absolute atomic E-state index is 12.4. The van der Waals surface area contributed by atoms with E-state index >= 15 is 0 Å². The van der Waals surface area contributed by atoms with Crippen LogP contribution in [0.2, 0.25) is 0 Å². The van der Waals surface area contributed by atoms with Gasteiger partial charge in [0, 0.05) is 0 Å². The average molecular weight is 399 g/mol. The minimum absolute atomic E-state index is 0.293. The number of fused-ring (bicyclic) bond motifs is 1. The maximum atomic E-state index is 12.4. The van der Waals surface area contributed by atoms with Crippen molar-refractivity contribution >= 4 is 22.7 Å². The summed E-state index contributed by atoms with van der Waals surface area (Å²) in [5.74, 6) is 0.165. The number of rotatable bonds is 11. The second kappa shape index (κ2) is 11.6. The van der Waals surface area contributed by atoms with Gasteiger partial charge in [-0.2, -0.15) is 0 Å². The van der Waals surface area contributed by atoms with Crippen molar-refractivity contribution in [3.05, 3.63) is 47.5 Å². The number of hydrogen-bond donors (Lipinski definition) is 0. The van der Waals surface area contributed by atoms with Gasteiger partial charge in [-0.3, -0.25) is 0 Å². The van der Waals surface area contributed by atoms with Crippen LogP contribution in [0.3, 0.4) is 0 Å². The summed E-state index contributed by atoms with van der Waals surface area (Å²) < 4.78 is 10.9. The zero-order valence-corrected chi connectivity index (χ0v) is 18.2. The molecular weight excluding hydrogens is 364 g/mol. The zero-order valence-electron chi connectivity index (χ0n) is 18.2. The highest BCUT2D eigenvalue weighted by Gasteiger charge is 2.14. The van der Waals surface area contributed by atoms with Crippen molar-refractivity contribution in [1.29, 1.82) is 0 Å². The largest absolute Gasteiger partial charge is 0.462 e. The van der Waals surface area contributed by atoms with Crippen molar-refractivity contribution in [3.63, 3.8) is 0 Å². The summed E-state index contributed by atoms with van der Waals surface area (Å²) >= 11 is 0. The molecule has 158 valence electrons. The summed E-state index contributed by atoms with van der Waals surface area (Å²) in [5.41, 5.74) is 1.06. The summed E-state index contributed by atoms with van der Waals surface area (Å²) in [6, 6.07) is 10.8. The molecule has 0 aromatic heterocycles. The molecule has 4 heteroatoms. The molecule has 0 aliphatic carbocycles. The van der Waals surface area contributed by atoms with Gasteiger partial charge in [-0.05, 0) is 53.3 Å². The van der Waals surface area contributed by atoms with Gasteiger partial charge in [-0.15, -0.1) is 0 Å². The van der Waals surface area contributed by atoms with E-state index < -0.39 is 0 Å². The normalized spacial score (nSPS) is 13.1. The number of esters is 2. The third kappa shape index (κ3) is 6.88. The minimum atomic E-state index is -0.312. The quantitative estimate of drug-likeness (QED) is 0.410.